The number of rotatable bonds is 7. The number of anilines is 1. The highest BCUT2D eigenvalue weighted by atomic mass is 16.5. The Morgan fingerprint density at radius 1 is 0.950 bits per heavy atom. The fourth-order valence-corrected chi connectivity index (χ4v) is 4.84. The molecule has 1 heterocycles. The molecule has 1 unspecified atom stereocenters. The first-order valence-electron chi connectivity index (χ1n) is 12.9. The number of aliphatic hydroxyl groups excluding tert-OH is 1. The van der Waals surface area contributed by atoms with Crippen molar-refractivity contribution < 1.29 is 28.9 Å². The van der Waals surface area contributed by atoms with Gasteiger partial charge in [0, 0.05) is 16.8 Å². The molecule has 0 spiro atoms. The van der Waals surface area contributed by atoms with Crippen molar-refractivity contribution in [3.8, 4) is 23.3 Å². The SMILES string of the molecule is CCOc1cc(C2/C(=C(\O)c3ccc(OC)c(C(C)(C)C)c3)C(=O)C(=O)N2c2ccc(C#N)cc2)ccc1OC. The highest BCUT2D eigenvalue weighted by molar-refractivity contribution is 6.51. The summed E-state index contributed by atoms with van der Waals surface area (Å²) in [6, 6.07) is 17.8. The number of hydrogen-bond donors (Lipinski definition) is 1. The minimum absolute atomic E-state index is 0.0630. The third kappa shape index (κ3) is 5.10. The molecule has 8 nitrogen and oxygen atoms in total. The number of hydrogen-bond acceptors (Lipinski definition) is 7. The van der Waals surface area contributed by atoms with Crippen LogP contribution in [0.5, 0.6) is 17.2 Å². The average Bonchev–Trinajstić information content (AvgIpc) is 3.21. The van der Waals surface area contributed by atoms with E-state index in [9.17, 15) is 20.0 Å². The Kier molecular flexibility index (Phi) is 7.87. The first-order chi connectivity index (χ1) is 19.0. The molecule has 4 rings (SSSR count). The monoisotopic (exact) mass is 540 g/mol. The number of benzene rings is 3. The van der Waals surface area contributed by atoms with Gasteiger partial charge in [-0.1, -0.05) is 26.8 Å². The lowest BCUT2D eigenvalue weighted by Gasteiger charge is -2.26. The summed E-state index contributed by atoms with van der Waals surface area (Å²) in [6.45, 7) is 8.27. The maximum atomic E-state index is 13.6. The lowest BCUT2D eigenvalue weighted by molar-refractivity contribution is -0.132. The van der Waals surface area contributed by atoms with Crippen molar-refractivity contribution >= 4 is 23.1 Å². The van der Waals surface area contributed by atoms with E-state index in [0.29, 0.717) is 46.2 Å². The Labute approximate surface area is 234 Å². The second kappa shape index (κ2) is 11.1. The fourth-order valence-electron chi connectivity index (χ4n) is 4.84. The molecule has 40 heavy (non-hydrogen) atoms. The van der Waals surface area contributed by atoms with Gasteiger partial charge in [-0.05, 0) is 72.5 Å². The van der Waals surface area contributed by atoms with Crippen molar-refractivity contribution in [2.45, 2.75) is 39.2 Å². The van der Waals surface area contributed by atoms with Gasteiger partial charge in [-0.15, -0.1) is 0 Å². The molecule has 1 atom stereocenters. The topological polar surface area (TPSA) is 109 Å². The van der Waals surface area contributed by atoms with Crippen LogP contribution in [0.2, 0.25) is 0 Å². The largest absolute Gasteiger partial charge is 0.507 e. The van der Waals surface area contributed by atoms with E-state index in [1.807, 2.05) is 27.7 Å². The molecule has 3 aromatic carbocycles. The maximum absolute atomic E-state index is 13.6. The van der Waals surface area contributed by atoms with Crippen LogP contribution in [-0.4, -0.2) is 37.6 Å². The Balaban J connectivity index is 1.98. The molecule has 8 heteroatoms. The number of methoxy groups -OCH3 is 2. The minimum Gasteiger partial charge on any atom is -0.507 e. The molecule has 0 saturated carbocycles. The van der Waals surface area contributed by atoms with Crippen molar-refractivity contribution in [3.63, 3.8) is 0 Å². The zero-order valence-electron chi connectivity index (χ0n) is 23.4. The van der Waals surface area contributed by atoms with E-state index in [0.717, 1.165) is 5.56 Å². The lowest BCUT2D eigenvalue weighted by atomic mass is 9.84. The summed E-state index contributed by atoms with van der Waals surface area (Å²) in [5.41, 5.74) is 2.19. The molecule has 0 aliphatic carbocycles. The van der Waals surface area contributed by atoms with E-state index in [1.54, 1.807) is 67.8 Å². The molecular formula is C32H32N2O6. The number of carbonyl (C=O) groups is 2. The van der Waals surface area contributed by atoms with Crippen LogP contribution in [0.3, 0.4) is 0 Å². The molecule has 206 valence electrons. The first kappa shape index (κ1) is 28.2. The van der Waals surface area contributed by atoms with Gasteiger partial charge >= 0.3 is 0 Å². The Bertz CT molecular complexity index is 1530. The van der Waals surface area contributed by atoms with Crippen LogP contribution in [0.25, 0.3) is 5.76 Å². The van der Waals surface area contributed by atoms with Gasteiger partial charge in [0.25, 0.3) is 11.7 Å². The average molecular weight is 541 g/mol. The number of nitriles is 1. The third-order valence-electron chi connectivity index (χ3n) is 6.80. The van der Waals surface area contributed by atoms with Crippen LogP contribution < -0.4 is 19.1 Å². The van der Waals surface area contributed by atoms with Crippen molar-refractivity contribution in [1.29, 1.82) is 5.26 Å². The van der Waals surface area contributed by atoms with Crippen LogP contribution in [-0.2, 0) is 15.0 Å². The van der Waals surface area contributed by atoms with Gasteiger partial charge in [0.2, 0.25) is 0 Å². The highest BCUT2D eigenvalue weighted by Crippen LogP contribution is 2.45. The summed E-state index contributed by atoms with van der Waals surface area (Å²) in [4.78, 5) is 28.5. The van der Waals surface area contributed by atoms with Crippen LogP contribution in [0.15, 0.2) is 66.2 Å². The predicted octanol–water partition coefficient (Wildman–Crippen LogP) is 5.90. The molecule has 3 aromatic rings. The molecule has 1 saturated heterocycles. The number of carbonyl (C=O) groups excluding carboxylic acids is 2. The third-order valence-corrected chi connectivity index (χ3v) is 6.80. The van der Waals surface area contributed by atoms with Crippen LogP contribution in [0, 0.1) is 11.3 Å². The number of nitrogens with zero attached hydrogens (tertiary/aromatic N) is 2. The van der Waals surface area contributed by atoms with E-state index < -0.39 is 17.7 Å². The van der Waals surface area contributed by atoms with Gasteiger partial charge in [-0.3, -0.25) is 14.5 Å². The van der Waals surface area contributed by atoms with E-state index in [2.05, 4.69) is 6.07 Å². The number of Topliss-reactive ketones (excluding diaryl/α,β-unsaturated/α-hetero) is 1. The van der Waals surface area contributed by atoms with Gasteiger partial charge in [-0.2, -0.15) is 5.26 Å². The van der Waals surface area contributed by atoms with Gasteiger partial charge in [0.1, 0.15) is 11.5 Å². The highest BCUT2D eigenvalue weighted by Gasteiger charge is 2.47. The van der Waals surface area contributed by atoms with Crippen molar-refractivity contribution in [1.82, 2.24) is 0 Å². The molecule has 0 bridgehead atoms. The van der Waals surface area contributed by atoms with Crippen molar-refractivity contribution in [3.05, 3.63) is 88.5 Å². The zero-order chi connectivity index (χ0) is 29.2. The number of amides is 1. The van der Waals surface area contributed by atoms with E-state index in [1.165, 1.54) is 12.0 Å². The molecule has 1 amide bonds. The maximum Gasteiger partial charge on any atom is 0.300 e. The Morgan fingerprint density at radius 2 is 1.60 bits per heavy atom. The Hall–Kier alpha value is -4.77. The molecular weight excluding hydrogens is 508 g/mol. The molecule has 1 aliphatic heterocycles. The molecule has 1 aliphatic rings. The van der Waals surface area contributed by atoms with E-state index in [-0.39, 0.29) is 16.7 Å². The first-order valence-corrected chi connectivity index (χ1v) is 12.9. The van der Waals surface area contributed by atoms with E-state index in [4.69, 9.17) is 14.2 Å². The standard InChI is InChI=1S/C32H32N2O6/c1-7-40-26-17-20(10-15-25(26)39-6)28-27(29(35)21-11-14-24(38-5)23(16-21)32(2,3)4)30(36)31(37)34(28)22-12-8-19(18-33)9-13-22/h8-17,28,35H,7H2,1-6H3/b29-27+. The van der Waals surface area contributed by atoms with Gasteiger partial charge in [0.05, 0.1) is 44.1 Å². The second-order valence-corrected chi connectivity index (χ2v) is 10.3. The van der Waals surface area contributed by atoms with Crippen molar-refractivity contribution in [2.24, 2.45) is 0 Å². The number of ketones is 1. The zero-order valence-corrected chi connectivity index (χ0v) is 23.4. The van der Waals surface area contributed by atoms with Crippen molar-refractivity contribution in [2.75, 3.05) is 25.7 Å². The molecule has 0 aromatic heterocycles. The summed E-state index contributed by atoms with van der Waals surface area (Å²) < 4.78 is 16.7. The van der Waals surface area contributed by atoms with Gasteiger partial charge in [-0.25, -0.2) is 0 Å². The lowest BCUT2D eigenvalue weighted by Crippen LogP contribution is -2.29. The number of ether oxygens (including phenoxy) is 3. The summed E-state index contributed by atoms with van der Waals surface area (Å²) in [7, 11) is 3.10. The molecule has 0 radical (unpaired) electrons. The summed E-state index contributed by atoms with van der Waals surface area (Å²) in [6.07, 6.45) is 0. The summed E-state index contributed by atoms with van der Waals surface area (Å²) in [5, 5.41) is 20.9. The van der Waals surface area contributed by atoms with Gasteiger partial charge < -0.3 is 19.3 Å². The fraction of sp³-hybridized carbons (Fsp3) is 0.281. The molecule has 1 N–H and O–H groups in total. The number of aliphatic hydroxyl groups is 1. The smallest absolute Gasteiger partial charge is 0.300 e. The van der Waals surface area contributed by atoms with Crippen LogP contribution in [0.1, 0.15) is 56.0 Å². The summed E-state index contributed by atoms with van der Waals surface area (Å²) in [5.74, 6) is -0.349. The van der Waals surface area contributed by atoms with Crippen LogP contribution in [0.4, 0.5) is 5.69 Å². The van der Waals surface area contributed by atoms with Gasteiger partial charge in [0.15, 0.2) is 11.5 Å². The predicted molar refractivity (Wildman–Crippen MR) is 152 cm³/mol. The quantitative estimate of drug-likeness (QED) is 0.226. The Morgan fingerprint density at radius 3 is 2.17 bits per heavy atom. The minimum atomic E-state index is -0.974. The van der Waals surface area contributed by atoms with Crippen LogP contribution >= 0.6 is 0 Å². The summed E-state index contributed by atoms with van der Waals surface area (Å²) >= 11 is 0. The molecule has 1 fully saturated rings. The van der Waals surface area contributed by atoms with E-state index >= 15 is 0 Å². The second-order valence-electron chi connectivity index (χ2n) is 10.3. The normalized spacial score (nSPS) is 16.5.